The van der Waals surface area contributed by atoms with Gasteiger partial charge in [-0.25, -0.2) is 4.79 Å². The van der Waals surface area contributed by atoms with Gasteiger partial charge in [-0.2, -0.15) is 0 Å². The molecule has 0 spiro atoms. The number of nitrogens with zero attached hydrogens (tertiary/aromatic N) is 1. The zero-order valence-corrected chi connectivity index (χ0v) is 65.1. The Hall–Kier alpha value is -4.57. The fourth-order valence-corrected chi connectivity index (χ4v) is 11.7. The Labute approximate surface area is 611 Å². The van der Waals surface area contributed by atoms with Crippen LogP contribution in [0.5, 0.6) is 0 Å². The maximum absolute atomic E-state index is 13.0. The van der Waals surface area contributed by atoms with Gasteiger partial charge in [-0.1, -0.05) is 372 Å². The number of quaternary nitrogens is 1. The van der Waals surface area contributed by atoms with Crippen LogP contribution in [0.25, 0.3) is 0 Å². The van der Waals surface area contributed by atoms with Crippen molar-refractivity contribution in [2.45, 2.75) is 373 Å². The number of unbranched alkanes of at least 4 members (excludes halogenated alkanes) is 39. The molecule has 0 amide bonds. The molecule has 0 heterocycles. The van der Waals surface area contributed by atoms with E-state index < -0.39 is 24.3 Å². The van der Waals surface area contributed by atoms with Crippen molar-refractivity contribution in [2.24, 2.45) is 0 Å². The number of rotatable bonds is 76. The van der Waals surface area contributed by atoms with Crippen molar-refractivity contribution in [3.8, 4) is 0 Å². The molecule has 0 aliphatic carbocycles. The van der Waals surface area contributed by atoms with Gasteiger partial charge in [-0.3, -0.25) is 9.59 Å². The van der Waals surface area contributed by atoms with Crippen LogP contribution in [0.1, 0.15) is 361 Å². The first-order valence-electron chi connectivity index (χ1n) is 41.3. The second-order valence-electron chi connectivity index (χ2n) is 28.7. The number of carboxylic acid groups (broad SMARTS) is 1. The summed E-state index contributed by atoms with van der Waals surface area (Å²) in [4.78, 5) is 37.8. The molecule has 0 aromatic heterocycles. The Balaban J connectivity index is 4.00. The molecule has 568 valence electrons. The molecular formula is C90H156NO8+. The van der Waals surface area contributed by atoms with Gasteiger partial charge in [0.25, 0.3) is 6.29 Å². The van der Waals surface area contributed by atoms with E-state index in [9.17, 15) is 19.5 Å². The van der Waals surface area contributed by atoms with Crippen LogP contribution in [0.2, 0.25) is 0 Å². The van der Waals surface area contributed by atoms with Crippen LogP contribution in [-0.2, 0) is 33.3 Å². The van der Waals surface area contributed by atoms with Gasteiger partial charge in [0.1, 0.15) is 13.2 Å². The molecular weight excluding hydrogens is 1220 g/mol. The van der Waals surface area contributed by atoms with E-state index in [2.05, 4.69) is 148 Å². The van der Waals surface area contributed by atoms with Crippen LogP contribution in [0, 0.1) is 0 Å². The predicted molar refractivity (Wildman–Crippen MR) is 428 cm³/mol. The lowest BCUT2D eigenvalue weighted by Crippen LogP contribution is -2.40. The van der Waals surface area contributed by atoms with E-state index in [1.165, 1.54) is 218 Å². The number of ether oxygens (including phenoxy) is 4. The standard InChI is InChI=1S/C90H155NO8/c1-6-8-10-12-14-16-18-20-22-24-26-28-30-32-34-36-38-40-42-43-44-45-47-48-50-52-54-56-58-60-62-64-66-68-70-72-74-76-78-80-87(92)97-84-86(85-98-90(89(94)95)96-83-82-91(3,4)5)99-88(93)81-79-77-75-73-71-69-67-65-63-61-59-57-55-53-51-49-46-41-39-37-35-33-31-29-27-25-23-21-19-17-15-13-11-9-7-2/h8-11,14-17,20-23,26-29,33,35,39,41,49,51,86,90H,6-7,12-13,18-19,24-25,30-32,34,36-38,40,42-48,50,52-85H2,1-5H3/p+1/b10-8-,11-9-,16-14-,17-15-,22-20-,23-21-,28-26-,29-27-,35-33-,41-39-,51-49-. The summed E-state index contributed by atoms with van der Waals surface area (Å²) in [5.41, 5.74) is 0. The first kappa shape index (κ1) is 94.4. The highest BCUT2D eigenvalue weighted by molar-refractivity contribution is 5.71. The molecule has 0 aromatic carbocycles. The smallest absolute Gasteiger partial charge is 0.361 e. The lowest BCUT2D eigenvalue weighted by atomic mass is 10.0. The molecule has 2 unspecified atom stereocenters. The van der Waals surface area contributed by atoms with E-state index in [-0.39, 0.29) is 32.2 Å². The van der Waals surface area contributed by atoms with E-state index in [0.717, 1.165) is 116 Å². The lowest BCUT2D eigenvalue weighted by Gasteiger charge is -2.25. The average Bonchev–Trinajstić information content (AvgIpc) is 1.16. The van der Waals surface area contributed by atoms with Crippen LogP contribution < -0.4 is 0 Å². The summed E-state index contributed by atoms with van der Waals surface area (Å²) in [5, 5.41) is 9.78. The number of carboxylic acids is 1. The van der Waals surface area contributed by atoms with Gasteiger partial charge in [0.2, 0.25) is 0 Å². The van der Waals surface area contributed by atoms with Crippen LogP contribution in [0.3, 0.4) is 0 Å². The maximum atomic E-state index is 13.0. The van der Waals surface area contributed by atoms with Crippen LogP contribution in [0.15, 0.2) is 134 Å². The quantitative estimate of drug-likeness (QED) is 0.0211. The second-order valence-corrected chi connectivity index (χ2v) is 28.7. The molecule has 9 nitrogen and oxygen atoms in total. The summed E-state index contributed by atoms with van der Waals surface area (Å²) in [6, 6.07) is 0. The van der Waals surface area contributed by atoms with Crippen molar-refractivity contribution >= 4 is 17.9 Å². The first-order valence-corrected chi connectivity index (χ1v) is 41.3. The zero-order chi connectivity index (χ0) is 71.8. The molecule has 0 radical (unpaired) electrons. The summed E-state index contributed by atoms with van der Waals surface area (Å²) < 4.78 is 23.1. The monoisotopic (exact) mass is 1380 g/mol. The first-order chi connectivity index (χ1) is 48.6. The van der Waals surface area contributed by atoms with Crippen LogP contribution in [-0.4, -0.2) is 87.4 Å². The van der Waals surface area contributed by atoms with E-state index in [0.29, 0.717) is 17.4 Å². The predicted octanol–water partition coefficient (Wildman–Crippen LogP) is 26.8. The minimum absolute atomic E-state index is 0.184. The molecule has 0 saturated heterocycles. The van der Waals surface area contributed by atoms with Crippen LogP contribution >= 0.6 is 0 Å². The van der Waals surface area contributed by atoms with Gasteiger partial charge in [0, 0.05) is 12.8 Å². The SMILES string of the molecule is CC/C=C\C/C=C\C/C=C\C/C=C\C/C=C\C/C=C\C/C=C\CCCCCCCCCCCCCCCC(=O)OC(COC(=O)CCCCCCCCCCCCCCCCCCCCCCCCCCCC/C=C\C/C=C\C/C=C\C/C=C\CC)COC(OCC[N+](C)(C)C)C(=O)O. The number of carbonyl (C=O) groups is 3. The molecule has 99 heavy (non-hydrogen) atoms. The fraction of sp³-hybridized carbons (Fsp3) is 0.722. The highest BCUT2D eigenvalue weighted by Crippen LogP contribution is 2.19. The molecule has 9 heteroatoms. The average molecular weight is 1380 g/mol. The Kier molecular flexibility index (Phi) is 75.5. The number of allylic oxidation sites excluding steroid dienone is 22. The molecule has 2 atom stereocenters. The van der Waals surface area contributed by atoms with Gasteiger partial charge >= 0.3 is 17.9 Å². The molecule has 0 aliphatic heterocycles. The van der Waals surface area contributed by atoms with E-state index in [1.54, 1.807) is 0 Å². The third-order valence-corrected chi connectivity index (χ3v) is 17.9. The summed E-state index contributed by atoms with van der Waals surface area (Å²) >= 11 is 0. The number of likely N-dealkylation sites (N-methyl/N-ethyl adjacent to an activating group) is 1. The number of esters is 2. The molecule has 0 bridgehead atoms. The summed E-state index contributed by atoms with van der Waals surface area (Å²) in [5.74, 6) is -1.99. The van der Waals surface area contributed by atoms with Gasteiger partial charge in [0.15, 0.2) is 6.10 Å². The van der Waals surface area contributed by atoms with Gasteiger partial charge in [0.05, 0.1) is 34.4 Å². The summed E-state index contributed by atoms with van der Waals surface area (Å²) in [6.07, 6.45) is 112. The normalized spacial score (nSPS) is 13.3. The van der Waals surface area contributed by atoms with Gasteiger partial charge < -0.3 is 28.5 Å². The van der Waals surface area contributed by atoms with Crippen molar-refractivity contribution in [3.63, 3.8) is 0 Å². The maximum Gasteiger partial charge on any atom is 0.361 e. The minimum Gasteiger partial charge on any atom is -0.477 e. The van der Waals surface area contributed by atoms with Crippen molar-refractivity contribution in [1.82, 2.24) is 0 Å². The Morgan fingerprint density at radius 3 is 0.808 bits per heavy atom. The van der Waals surface area contributed by atoms with Crippen molar-refractivity contribution in [2.75, 3.05) is 47.5 Å². The highest BCUT2D eigenvalue weighted by Gasteiger charge is 2.25. The third kappa shape index (κ3) is 80.6. The van der Waals surface area contributed by atoms with Crippen molar-refractivity contribution < 1.29 is 42.9 Å². The number of hydrogen-bond acceptors (Lipinski definition) is 7. The molecule has 0 rings (SSSR count). The summed E-state index contributed by atoms with van der Waals surface area (Å²) in [6.45, 7) is 4.69. The second kappa shape index (κ2) is 79.1. The van der Waals surface area contributed by atoms with Gasteiger partial charge in [-0.15, -0.1) is 0 Å². The Morgan fingerprint density at radius 1 is 0.303 bits per heavy atom. The van der Waals surface area contributed by atoms with Crippen molar-refractivity contribution in [3.05, 3.63) is 134 Å². The molecule has 1 N–H and O–H groups in total. The Bertz CT molecular complexity index is 2100. The number of hydrogen-bond donors (Lipinski definition) is 1. The van der Waals surface area contributed by atoms with E-state index in [4.69, 9.17) is 18.9 Å². The Morgan fingerprint density at radius 2 is 0.545 bits per heavy atom. The third-order valence-electron chi connectivity index (χ3n) is 17.9. The molecule has 0 aliphatic rings. The minimum atomic E-state index is -1.52. The van der Waals surface area contributed by atoms with E-state index >= 15 is 0 Å². The molecule has 0 aromatic rings. The van der Waals surface area contributed by atoms with Crippen LogP contribution in [0.4, 0.5) is 0 Å². The number of carbonyl (C=O) groups excluding carboxylic acids is 2. The summed E-state index contributed by atoms with van der Waals surface area (Å²) in [7, 11) is 5.99. The topological polar surface area (TPSA) is 108 Å². The number of aliphatic carboxylic acids is 1. The lowest BCUT2D eigenvalue weighted by molar-refractivity contribution is -0.870. The fourth-order valence-electron chi connectivity index (χ4n) is 11.7. The zero-order valence-electron chi connectivity index (χ0n) is 65.1. The highest BCUT2D eigenvalue weighted by atomic mass is 16.7. The van der Waals surface area contributed by atoms with Gasteiger partial charge in [-0.05, 0) is 109 Å². The molecule has 0 fully saturated rings. The largest absolute Gasteiger partial charge is 0.477 e. The van der Waals surface area contributed by atoms with Crippen molar-refractivity contribution in [1.29, 1.82) is 0 Å². The molecule has 0 saturated carbocycles. The van der Waals surface area contributed by atoms with E-state index in [1.807, 2.05) is 21.1 Å².